The number of furan rings is 1. The molecule has 1 amide bonds. The van der Waals surface area contributed by atoms with Crippen LogP contribution in [0.4, 0.5) is 0 Å². The van der Waals surface area contributed by atoms with Crippen LogP contribution in [0.1, 0.15) is 32.6 Å². The second kappa shape index (κ2) is 8.97. The number of fused-ring (bicyclic) bond motifs is 2. The maximum absolute atomic E-state index is 13.8. The van der Waals surface area contributed by atoms with Crippen molar-refractivity contribution >= 4 is 44.9 Å². The van der Waals surface area contributed by atoms with Gasteiger partial charge >= 0.3 is 0 Å². The fraction of sp³-hybridized carbons (Fsp3) is 0.172. The standard InChI is InChI=1S/C29H24N2O5S/c1-16-11-13-37-28(16)24-23(25(32)22-14-17-6-5-9-21(35-2)27(17)36-22)26(33)29(34)31(24)12-10-18-15-30-20-8-4-3-7-19(18)20/h3-9,11,13-15,24,30,33H,10,12H2,1-2H3. The molecule has 1 unspecified atom stereocenters. The molecule has 0 radical (unpaired) electrons. The van der Waals surface area contributed by atoms with Crippen LogP contribution in [-0.4, -0.2) is 40.3 Å². The van der Waals surface area contributed by atoms with E-state index >= 15 is 0 Å². The molecule has 0 aliphatic carbocycles. The number of aliphatic hydroxyl groups excluding tert-OH is 1. The lowest BCUT2D eigenvalue weighted by Gasteiger charge is -2.26. The topological polar surface area (TPSA) is 95.8 Å². The summed E-state index contributed by atoms with van der Waals surface area (Å²) in [5, 5.41) is 14.7. The third-order valence-corrected chi connectivity index (χ3v) is 8.02. The van der Waals surface area contributed by atoms with Crippen molar-refractivity contribution in [3.05, 3.63) is 99.3 Å². The van der Waals surface area contributed by atoms with Crippen molar-refractivity contribution in [3.8, 4) is 5.75 Å². The van der Waals surface area contributed by atoms with Crippen molar-refractivity contribution < 1.29 is 23.8 Å². The summed E-state index contributed by atoms with van der Waals surface area (Å²) in [5.74, 6) is -1.06. The number of ketones is 1. The Hall–Kier alpha value is -4.30. The zero-order valence-electron chi connectivity index (χ0n) is 20.3. The number of hydrogen-bond donors (Lipinski definition) is 2. The monoisotopic (exact) mass is 512 g/mol. The van der Waals surface area contributed by atoms with E-state index in [0.29, 0.717) is 29.7 Å². The highest BCUT2D eigenvalue weighted by molar-refractivity contribution is 7.10. The first-order valence-corrected chi connectivity index (χ1v) is 12.8. The van der Waals surface area contributed by atoms with E-state index in [-0.39, 0.29) is 11.3 Å². The number of nitrogens with zero attached hydrogens (tertiary/aromatic N) is 1. The van der Waals surface area contributed by atoms with Crippen LogP contribution in [0.25, 0.3) is 21.9 Å². The number of amides is 1. The quantitative estimate of drug-likeness (QED) is 0.256. The number of aryl methyl sites for hydroxylation is 1. The molecule has 2 aromatic carbocycles. The van der Waals surface area contributed by atoms with E-state index in [4.69, 9.17) is 9.15 Å². The predicted octanol–water partition coefficient (Wildman–Crippen LogP) is 6.11. The Morgan fingerprint density at radius 3 is 2.81 bits per heavy atom. The Kier molecular flexibility index (Phi) is 5.61. The van der Waals surface area contributed by atoms with Crippen molar-refractivity contribution in [1.82, 2.24) is 9.88 Å². The molecule has 4 heterocycles. The summed E-state index contributed by atoms with van der Waals surface area (Å²) < 4.78 is 11.3. The summed E-state index contributed by atoms with van der Waals surface area (Å²) in [6.07, 6.45) is 2.50. The Balaban J connectivity index is 1.38. The van der Waals surface area contributed by atoms with E-state index in [1.807, 2.05) is 61.0 Å². The number of aromatic amines is 1. The van der Waals surface area contributed by atoms with Gasteiger partial charge in [0.15, 0.2) is 22.9 Å². The van der Waals surface area contributed by atoms with Crippen molar-refractivity contribution in [2.24, 2.45) is 0 Å². The van der Waals surface area contributed by atoms with Gasteiger partial charge in [-0.25, -0.2) is 0 Å². The van der Waals surface area contributed by atoms with Crippen molar-refractivity contribution in [1.29, 1.82) is 0 Å². The van der Waals surface area contributed by atoms with Gasteiger partial charge in [0.1, 0.15) is 6.04 Å². The molecule has 1 aliphatic rings. The number of ether oxygens (including phenoxy) is 1. The predicted molar refractivity (Wildman–Crippen MR) is 142 cm³/mol. The van der Waals surface area contributed by atoms with Gasteiger partial charge < -0.3 is 24.1 Å². The lowest BCUT2D eigenvalue weighted by atomic mass is 9.98. The molecule has 0 saturated carbocycles. The van der Waals surface area contributed by atoms with Crippen molar-refractivity contribution in [2.75, 3.05) is 13.7 Å². The van der Waals surface area contributed by atoms with Crippen LogP contribution >= 0.6 is 11.3 Å². The number of hydrogen-bond acceptors (Lipinski definition) is 6. The largest absolute Gasteiger partial charge is 0.503 e. The number of carbonyl (C=O) groups is 2. The molecule has 1 aliphatic heterocycles. The summed E-state index contributed by atoms with van der Waals surface area (Å²) in [6.45, 7) is 2.27. The normalized spacial score (nSPS) is 15.9. The first-order chi connectivity index (χ1) is 18.0. The lowest BCUT2D eigenvalue weighted by molar-refractivity contribution is -0.129. The van der Waals surface area contributed by atoms with Gasteiger partial charge in [-0.15, -0.1) is 11.3 Å². The Labute approximate surface area is 216 Å². The zero-order valence-corrected chi connectivity index (χ0v) is 21.1. The minimum Gasteiger partial charge on any atom is -0.503 e. The van der Waals surface area contributed by atoms with Gasteiger partial charge in [-0.3, -0.25) is 9.59 Å². The molecule has 1 atom stereocenters. The minimum absolute atomic E-state index is 0.0347. The molecule has 2 N–H and O–H groups in total. The van der Waals surface area contributed by atoms with Gasteiger partial charge in [-0.05, 0) is 54.1 Å². The average Bonchev–Trinajstić information content (AvgIpc) is 3.68. The lowest BCUT2D eigenvalue weighted by Crippen LogP contribution is -2.33. The summed E-state index contributed by atoms with van der Waals surface area (Å²) >= 11 is 1.46. The second-order valence-corrected chi connectivity index (χ2v) is 10.0. The smallest absolute Gasteiger partial charge is 0.290 e. The van der Waals surface area contributed by atoms with E-state index in [0.717, 1.165) is 26.9 Å². The molecule has 37 heavy (non-hydrogen) atoms. The number of para-hydroxylation sites is 2. The van der Waals surface area contributed by atoms with E-state index in [1.54, 1.807) is 17.0 Å². The summed E-state index contributed by atoms with van der Waals surface area (Å²) in [6, 6.07) is 16.2. The zero-order chi connectivity index (χ0) is 25.7. The minimum atomic E-state index is -0.708. The molecule has 7 nitrogen and oxygen atoms in total. The van der Waals surface area contributed by atoms with Crippen LogP contribution in [0.3, 0.4) is 0 Å². The van der Waals surface area contributed by atoms with Gasteiger partial charge in [0.05, 0.1) is 12.7 Å². The van der Waals surface area contributed by atoms with Crippen molar-refractivity contribution in [3.63, 3.8) is 0 Å². The van der Waals surface area contributed by atoms with Gasteiger partial charge in [-0.2, -0.15) is 0 Å². The average molecular weight is 513 g/mol. The molecule has 0 spiro atoms. The SMILES string of the molecule is COc1cccc2cc(C(=O)C3=C(O)C(=O)N(CCc4c[nH]c5ccccc45)C3c3sccc3C)oc12. The number of benzene rings is 2. The molecular formula is C29H24N2O5S. The van der Waals surface area contributed by atoms with E-state index in [2.05, 4.69) is 4.98 Å². The van der Waals surface area contributed by atoms with Gasteiger partial charge in [0.2, 0.25) is 5.78 Å². The van der Waals surface area contributed by atoms with Crippen LogP contribution < -0.4 is 4.74 Å². The van der Waals surface area contributed by atoms with Gasteiger partial charge in [0.25, 0.3) is 5.91 Å². The van der Waals surface area contributed by atoms with Crippen LogP contribution in [0.5, 0.6) is 5.75 Å². The first kappa shape index (κ1) is 23.1. The van der Waals surface area contributed by atoms with Crippen LogP contribution in [-0.2, 0) is 11.2 Å². The highest BCUT2D eigenvalue weighted by atomic mass is 32.1. The first-order valence-electron chi connectivity index (χ1n) is 11.9. The summed E-state index contributed by atoms with van der Waals surface area (Å²) in [7, 11) is 1.53. The Morgan fingerprint density at radius 2 is 2.03 bits per heavy atom. The molecule has 0 fully saturated rings. The number of aromatic nitrogens is 1. The summed E-state index contributed by atoms with van der Waals surface area (Å²) in [4.78, 5) is 32.9. The number of carbonyl (C=O) groups excluding carboxylic acids is 2. The van der Waals surface area contributed by atoms with Crippen LogP contribution in [0.15, 0.2) is 81.9 Å². The number of rotatable bonds is 7. The van der Waals surface area contributed by atoms with Gasteiger partial charge in [0, 0.05) is 33.9 Å². The van der Waals surface area contributed by atoms with Crippen LogP contribution in [0, 0.1) is 6.92 Å². The van der Waals surface area contributed by atoms with E-state index < -0.39 is 23.5 Å². The molecule has 186 valence electrons. The third-order valence-electron chi connectivity index (χ3n) is 6.95. The number of methoxy groups -OCH3 is 1. The third kappa shape index (κ3) is 3.72. The van der Waals surface area contributed by atoms with E-state index in [1.165, 1.54) is 18.4 Å². The molecule has 5 aromatic rings. The van der Waals surface area contributed by atoms with Crippen LogP contribution in [0.2, 0.25) is 0 Å². The fourth-order valence-corrected chi connectivity index (χ4v) is 6.12. The fourth-order valence-electron chi connectivity index (χ4n) is 5.07. The number of aliphatic hydroxyl groups is 1. The maximum atomic E-state index is 13.8. The van der Waals surface area contributed by atoms with Crippen molar-refractivity contribution in [2.45, 2.75) is 19.4 Å². The molecule has 0 saturated heterocycles. The molecule has 6 rings (SSSR count). The molecular weight excluding hydrogens is 488 g/mol. The van der Waals surface area contributed by atoms with Gasteiger partial charge in [-0.1, -0.05) is 30.3 Å². The number of thiophene rings is 1. The summed E-state index contributed by atoms with van der Waals surface area (Å²) in [5.41, 5.74) is 3.51. The Bertz CT molecular complexity index is 1710. The van der Waals surface area contributed by atoms with E-state index in [9.17, 15) is 14.7 Å². The number of Topliss-reactive ketones (excluding diaryl/α,β-unsaturated/α-hetero) is 1. The maximum Gasteiger partial charge on any atom is 0.290 e. The highest BCUT2D eigenvalue weighted by Crippen LogP contribution is 2.43. The highest BCUT2D eigenvalue weighted by Gasteiger charge is 2.45. The Morgan fingerprint density at radius 1 is 1.19 bits per heavy atom. The number of H-pyrrole nitrogens is 1. The molecule has 3 aromatic heterocycles. The molecule has 0 bridgehead atoms. The second-order valence-electron chi connectivity index (χ2n) is 9.06. The number of nitrogens with one attached hydrogen (secondary N) is 1. The molecule has 8 heteroatoms.